The van der Waals surface area contributed by atoms with E-state index < -0.39 is 0 Å². The number of fused-ring (bicyclic) bond motifs is 4. The number of nitrogens with one attached hydrogen (secondary N) is 1. The van der Waals surface area contributed by atoms with E-state index >= 15 is 0 Å². The van der Waals surface area contributed by atoms with Gasteiger partial charge in [0.15, 0.2) is 0 Å². The molecule has 0 aromatic carbocycles. The van der Waals surface area contributed by atoms with E-state index in [1.807, 2.05) is 43.8 Å². The highest BCUT2D eigenvalue weighted by Crippen LogP contribution is 2.37. The fourth-order valence-corrected chi connectivity index (χ4v) is 5.53. The molecule has 6 heterocycles. The molecule has 4 aromatic heterocycles. The van der Waals surface area contributed by atoms with Gasteiger partial charge in [-0.2, -0.15) is 10.2 Å². The Hall–Kier alpha value is -3.70. The van der Waals surface area contributed by atoms with E-state index in [4.69, 9.17) is 19.6 Å². The monoisotopic (exact) mass is 504 g/mol. The number of aliphatic hydroxyl groups is 1. The van der Waals surface area contributed by atoms with Crippen LogP contribution in [0.15, 0.2) is 12.3 Å². The van der Waals surface area contributed by atoms with Crippen LogP contribution in [0.5, 0.6) is 11.8 Å². The summed E-state index contributed by atoms with van der Waals surface area (Å²) in [6.07, 6.45) is 5.65. The van der Waals surface area contributed by atoms with E-state index in [1.165, 1.54) is 0 Å². The highest BCUT2D eigenvalue weighted by molar-refractivity contribution is 5.92. The standard InChI is InChI=1S/C26H32N8O3/c1-6-36-25-17-7-8-19-18-9-20(27-10-21(18)29-28-19)24-15(3)30-32(5)26(24)37-14(2)11-33-12-22(17)34(31-25)23(13-35)16(33)4/h7-10,14,16,23,35H,6,11-13H2,1-5H3,(H,28,29)/b8-7+/t14-,16?,23?/m1/s1. The fraction of sp³-hybridized carbons (Fsp3) is 0.462. The molecule has 0 radical (unpaired) electrons. The second-order valence-electron chi connectivity index (χ2n) is 9.84. The number of aliphatic hydroxyl groups excluding tert-OH is 1. The summed E-state index contributed by atoms with van der Waals surface area (Å²) in [5.74, 6) is 1.24. The number of hydrogen-bond donors (Lipinski definition) is 2. The molecule has 0 fully saturated rings. The third-order valence-corrected chi connectivity index (χ3v) is 7.40. The minimum Gasteiger partial charge on any atom is -0.476 e. The zero-order valence-electron chi connectivity index (χ0n) is 21.8. The summed E-state index contributed by atoms with van der Waals surface area (Å²) in [5, 5.41) is 28.4. The minimum atomic E-state index is -0.209. The number of ether oxygens (including phenoxy) is 2. The first-order chi connectivity index (χ1) is 17.9. The lowest BCUT2D eigenvalue weighted by Crippen LogP contribution is -2.49. The van der Waals surface area contributed by atoms with Gasteiger partial charge in [-0.1, -0.05) is 0 Å². The van der Waals surface area contributed by atoms with Crippen molar-refractivity contribution in [1.29, 1.82) is 0 Å². The second-order valence-corrected chi connectivity index (χ2v) is 9.84. The molecule has 0 amide bonds. The van der Waals surface area contributed by atoms with E-state index in [0.29, 0.717) is 31.5 Å². The van der Waals surface area contributed by atoms with Gasteiger partial charge in [-0.3, -0.25) is 19.7 Å². The van der Waals surface area contributed by atoms with Gasteiger partial charge in [-0.25, -0.2) is 4.68 Å². The molecule has 0 saturated carbocycles. The van der Waals surface area contributed by atoms with Gasteiger partial charge in [0.2, 0.25) is 11.8 Å². The van der Waals surface area contributed by atoms with Crippen LogP contribution in [0.1, 0.15) is 49.5 Å². The van der Waals surface area contributed by atoms with Crippen LogP contribution in [0, 0.1) is 6.92 Å². The summed E-state index contributed by atoms with van der Waals surface area (Å²) in [5.41, 5.74) is 6.03. The lowest BCUT2D eigenvalue weighted by atomic mass is 10.0. The molecule has 0 aliphatic carbocycles. The van der Waals surface area contributed by atoms with E-state index in [-0.39, 0.29) is 24.8 Å². The Kier molecular flexibility index (Phi) is 5.76. The Labute approximate surface area is 214 Å². The topological polar surface area (TPSA) is 119 Å². The first kappa shape index (κ1) is 23.7. The molecule has 11 nitrogen and oxygen atoms in total. The minimum absolute atomic E-state index is 0.0289. The molecule has 2 N–H and O–H groups in total. The lowest BCUT2D eigenvalue weighted by molar-refractivity contribution is 0.0393. The normalized spacial score (nSPS) is 23.8. The molecule has 6 rings (SSSR count). The molecule has 0 saturated heterocycles. The van der Waals surface area contributed by atoms with Gasteiger partial charge >= 0.3 is 0 Å². The molecule has 4 aromatic rings. The van der Waals surface area contributed by atoms with Crippen molar-refractivity contribution < 1.29 is 14.6 Å². The fourth-order valence-electron chi connectivity index (χ4n) is 5.53. The number of aromatic nitrogens is 7. The molecule has 2 aliphatic rings. The summed E-state index contributed by atoms with van der Waals surface area (Å²) in [6.45, 7) is 9.88. The van der Waals surface area contributed by atoms with Crippen molar-refractivity contribution in [2.45, 2.75) is 52.4 Å². The Morgan fingerprint density at radius 2 is 2.08 bits per heavy atom. The second kappa shape index (κ2) is 9.00. The summed E-state index contributed by atoms with van der Waals surface area (Å²) in [4.78, 5) is 7.05. The third-order valence-electron chi connectivity index (χ3n) is 7.40. The molecular weight excluding hydrogens is 472 g/mol. The van der Waals surface area contributed by atoms with Gasteiger partial charge in [-0.05, 0) is 45.9 Å². The number of hydrogen-bond acceptors (Lipinski definition) is 8. The van der Waals surface area contributed by atoms with E-state index in [2.05, 4.69) is 34.0 Å². The van der Waals surface area contributed by atoms with Crippen LogP contribution in [-0.2, 0) is 13.6 Å². The van der Waals surface area contributed by atoms with Gasteiger partial charge in [0.1, 0.15) is 6.10 Å². The predicted octanol–water partition coefficient (Wildman–Crippen LogP) is 2.95. The number of H-pyrrole nitrogens is 1. The first-order valence-electron chi connectivity index (χ1n) is 12.7. The van der Waals surface area contributed by atoms with Crippen molar-refractivity contribution in [2.75, 3.05) is 19.8 Å². The molecular formula is C26H32N8O3. The zero-order valence-corrected chi connectivity index (χ0v) is 21.8. The lowest BCUT2D eigenvalue weighted by Gasteiger charge is -2.40. The van der Waals surface area contributed by atoms with Crippen LogP contribution in [0.4, 0.5) is 0 Å². The van der Waals surface area contributed by atoms with E-state index in [0.717, 1.165) is 44.8 Å². The molecule has 3 unspecified atom stereocenters. The maximum Gasteiger partial charge on any atom is 0.240 e. The number of rotatable bonds is 3. The van der Waals surface area contributed by atoms with Crippen LogP contribution < -0.4 is 9.47 Å². The molecule has 4 atom stereocenters. The Morgan fingerprint density at radius 1 is 1.24 bits per heavy atom. The van der Waals surface area contributed by atoms with Crippen molar-refractivity contribution in [2.24, 2.45) is 7.05 Å². The van der Waals surface area contributed by atoms with Crippen LogP contribution >= 0.6 is 0 Å². The average molecular weight is 505 g/mol. The van der Waals surface area contributed by atoms with Crippen molar-refractivity contribution in [3.63, 3.8) is 0 Å². The van der Waals surface area contributed by atoms with Gasteiger partial charge in [0, 0.05) is 31.6 Å². The van der Waals surface area contributed by atoms with Crippen molar-refractivity contribution in [1.82, 2.24) is 39.6 Å². The van der Waals surface area contributed by atoms with Gasteiger partial charge in [0.05, 0.1) is 64.9 Å². The van der Waals surface area contributed by atoms with Crippen molar-refractivity contribution in [3.05, 3.63) is 34.9 Å². The molecule has 4 bridgehead atoms. The molecule has 0 spiro atoms. The number of aryl methyl sites for hydroxylation is 2. The van der Waals surface area contributed by atoms with Crippen molar-refractivity contribution in [3.8, 4) is 23.0 Å². The third kappa shape index (κ3) is 3.80. The van der Waals surface area contributed by atoms with E-state index in [1.54, 1.807) is 10.9 Å². The van der Waals surface area contributed by atoms with Crippen LogP contribution in [0.2, 0.25) is 0 Å². The quantitative estimate of drug-likeness (QED) is 0.437. The first-order valence-corrected chi connectivity index (χ1v) is 12.7. The molecule has 2 aliphatic heterocycles. The van der Waals surface area contributed by atoms with Crippen LogP contribution in [0.25, 0.3) is 34.3 Å². The zero-order chi connectivity index (χ0) is 25.8. The Balaban J connectivity index is 1.58. The SMILES string of the molecule is CCOc1nn2c3c1/C=C/c1n[nH]c4cnc(cc14)-c1c(C)nn(C)c1O[C@H](C)CN(C3)C(C)C2CO. The van der Waals surface area contributed by atoms with Gasteiger partial charge < -0.3 is 14.6 Å². The number of aromatic amines is 1. The van der Waals surface area contributed by atoms with Gasteiger partial charge in [-0.15, -0.1) is 5.10 Å². The summed E-state index contributed by atoms with van der Waals surface area (Å²) in [6, 6.07) is 1.86. The van der Waals surface area contributed by atoms with Crippen LogP contribution in [-0.4, -0.2) is 76.7 Å². The van der Waals surface area contributed by atoms with Gasteiger partial charge in [0.25, 0.3) is 0 Å². The molecule has 37 heavy (non-hydrogen) atoms. The van der Waals surface area contributed by atoms with Crippen LogP contribution in [0.3, 0.4) is 0 Å². The highest BCUT2D eigenvalue weighted by atomic mass is 16.5. The average Bonchev–Trinajstić information content (AvgIpc) is 3.51. The highest BCUT2D eigenvalue weighted by Gasteiger charge is 2.36. The number of pyridine rings is 1. The predicted molar refractivity (Wildman–Crippen MR) is 139 cm³/mol. The largest absolute Gasteiger partial charge is 0.476 e. The van der Waals surface area contributed by atoms with E-state index in [9.17, 15) is 5.11 Å². The maximum atomic E-state index is 10.4. The summed E-state index contributed by atoms with van der Waals surface area (Å²) in [7, 11) is 1.89. The summed E-state index contributed by atoms with van der Waals surface area (Å²) < 4.78 is 16.2. The molecule has 11 heteroatoms. The Morgan fingerprint density at radius 3 is 2.86 bits per heavy atom. The molecule has 194 valence electrons. The Bertz CT molecular complexity index is 1500. The summed E-state index contributed by atoms with van der Waals surface area (Å²) >= 11 is 0. The van der Waals surface area contributed by atoms with Crippen molar-refractivity contribution >= 4 is 23.1 Å². The number of nitrogens with zero attached hydrogens (tertiary/aromatic N) is 7. The smallest absolute Gasteiger partial charge is 0.240 e. The maximum absolute atomic E-state index is 10.4.